The first-order chi connectivity index (χ1) is 20.1. The number of aliphatic hydroxyl groups is 1. The van der Waals surface area contributed by atoms with Crippen molar-refractivity contribution in [3.8, 4) is 0 Å². The predicted molar refractivity (Wildman–Crippen MR) is 164 cm³/mol. The number of unbranched alkanes of at least 4 members (excludes halogenated alkanes) is 1. The van der Waals surface area contributed by atoms with E-state index in [4.69, 9.17) is 9.47 Å². The summed E-state index contributed by atoms with van der Waals surface area (Å²) in [5, 5.41) is 12.2. The molecule has 0 unspecified atom stereocenters. The lowest BCUT2D eigenvalue weighted by atomic mass is 9.70. The minimum atomic E-state index is -1.14. The minimum absolute atomic E-state index is 0.0219. The summed E-state index contributed by atoms with van der Waals surface area (Å²) in [6.07, 6.45) is 5.85. The molecule has 3 saturated heterocycles. The highest BCUT2D eigenvalue weighted by atomic mass is 16.6. The van der Waals surface area contributed by atoms with Gasteiger partial charge in [-0.15, -0.1) is 13.2 Å². The highest BCUT2D eigenvalue weighted by molar-refractivity contribution is 5.98. The van der Waals surface area contributed by atoms with Crippen LogP contribution in [0.25, 0.3) is 0 Å². The zero-order valence-corrected chi connectivity index (χ0v) is 27.0. The minimum Gasteiger partial charge on any atom is -0.460 e. The van der Waals surface area contributed by atoms with Crippen LogP contribution in [0.1, 0.15) is 86.5 Å². The SMILES string of the molecule is C=CCCC(=O)NC[C@@H](C)OC(=O)[C@@H]1[C@H]2C(=O)N(CCCCO)[C@H](C(=O)N(CC=C)C(C)(C)CC(C)(C)C)[C@]23CC[C@H]1O3. The third-order valence-electron chi connectivity index (χ3n) is 8.86. The van der Waals surface area contributed by atoms with Gasteiger partial charge in [-0.2, -0.15) is 0 Å². The molecule has 6 atom stereocenters. The van der Waals surface area contributed by atoms with Gasteiger partial charge in [-0.3, -0.25) is 19.2 Å². The Morgan fingerprint density at radius 2 is 1.91 bits per heavy atom. The molecule has 242 valence electrons. The van der Waals surface area contributed by atoms with E-state index in [2.05, 4.69) is 39.2 Å². The average molecular weight is 604 g/mol. The van der Waals surface area contributed by atoms with Gasteiger partial charge in [0, 0.05) is 31.7 Å². The van der Waals surface area contributed by atoms with E-state index in [9.17, 15) is 24.3 Å². The van der Waals surface area contributed by atoms with E-state index >= 15 is 0 Å². The number of hydrogen-bond acceptors (Lipinski definition) is 7. The lowest BCUT2D eigenvalue weighted by Crippen LogP contribution is -2.61. The molecule has 2 N–H and O–H groups in total. The third kappa shape index (κ3) is 7.51. The first-order valence-electron chi connectivity index (χ1n) is 15.7. The van der Waals surface area contributed by atoms with Crippen LogP contribution < -0.4 is 5.32 Å². The number of esters is 1. The van der Waals surface area contributed by atoms with Crippen molar-refractivity contribution in [2.24, 2.45) is 17.3 Å². The maximum absolute atomic E-state index is 14.7. The summed E-state index contributed by atoms with van der Waals surface area (Å²) in [7, 11) is 0. The Balaban J connectivity index is 1.90. The fraction of sp³-hybridized carbons (Fsp3) is 0.758. The molecule has 3 heterocycles. The van der Waals surface area contributed by atoms with Gasteiger partial charge in [0.15, 0.2) is 0 Å². The van der Waals surface area contributed by atoms with Gasteiger partial charge in [0.25, 0.3) is 0 Å². The molecule has 0 aromatic rings. The van der Waals surface area contributed by atoms with Crippen molar-refractivity contribution in [2.45, 2.75) is 116 Å². The van der Waals surface area contributed by atoms with Crippen LogP contribution in [0.3, 0.4) is 0 Å². The zero-order valence-electron chi connectivity index (χ0n) is 27.0. The normalized spacial score (nSPS) is 27.0. The fourth-order valence-electron chi connectivity index (χ4n) is 7.54. The van der Waals surface area contributed by atoms with Crippen molar-refractivity contribution >= 4 is 23.7 Å². The lowest BCUT2D eigenvalue weighted by molar-refractivity contribution is -0.159. The van der Waals surface area contributed by atoms with Gasteiger partial charge in [-0.1, -0.05) is 32.9 Å². The second-order valence-corrected chi connectivity index (χ2v) is 14.2. The number of rotatable bonds is 16. The summed E-state index contributed by atoms with van der Waals surface area (Å²) in [5.74, 6) is -2.87. The summed E-state index contributed by atoms with van der Waals surface area (Å²) in [4.78, 5) is 57.8. The van der Waals surface area contributed by atoms with Crippen molar-refractivity contribution in [1.29, 1.82) is 0 Å². The Morgan fingerprint density at radius 1 is 1.21 bits per heavy atom. The Labute approximate surface area is 257 Å². The summed E-state index contributed by atoms with van der Waals surface area (Å²) in [5.41, 5.74) is -1.74. The first kappa shape index (κ1) is 34.8. The maximum Gasteiger partial charge on any atom is 0.312 e. The molecule has 3 aliphatic heterocycles. The second kappa shape index (κ2) is 13.9. The van der Waals surface area contributed by atoms with Gasteiger partial charge in [0.1, 0.15) is 17.7 Å². The van der Waals surface area contributed by atoms with E-state index in [1.807, 2.05) is 13.8 Å². The number of amides is 3. The number of fused-ring (bicyclic) bond motifs is 1. The van der Waals surface area contributed by atoms with Gasteiger partial charge in [0.05, 0.1) is 24.5 Å². The number of allylic oxidation sites excluding steroid dienone is 1. The molecule has 3 aliphatic rings. The van der Waals surface area contributed by atoms with Gasteiger partial charge < -0.3 is 29.7 Å². The molecule has 3 rings (SSSR count). The van der Waals surface area contributed by atoms with Crippen LogP contribution in [0.15, 0.2) is 25.3 Å². The molecular formula is C33H53N3O7. The number of carbonyl (C=O) groups excluding carboxylic acids is 4. The van der Waals surface area contributed by atoms with Crippen molar-refractivity contribution < 1.29 is 33.8 Å². The fourth-order valence-corrected chi connectivity index (χ4v) is 7.54. The molecule has 10 nitrogen and oxygen atoms in total. The van der Waals surface area contributed by atoms with E-state index in [0.29, 0.717) is 45.1 Å². The highest BCUT2D eigenvalue weighted by Crippen LogP contribution is 2.59. The third-order valence-corrected chi connectivity index (χ3v) is 8.86. The van der Waals surface area contributed by atoms with Gasteiger partial charge in [-0.05, 0) is 64.7 Å². The maximum atomic E-state index is 14.7. The van der Waals surface area contributed by atoms with Crippen molar-refractivity contribution in [3.63, 3.8) is 0 Å². The van der Waals surface area contributed by atoms with Gasteiger partial charge >= 0.3 is 5.97 Å². The van der Waals surface area contributed by atoms with Crippen molar-refractivity contribution in [1.82, 2.24) is 15.1 Å². The topological polar surface area (TPSA) is 125 Å². The van der Waals surface area contributed by atoms with Gasteiger partial charge in [0.2, 0.25) is 17.7 Å². The average Bonchev–Trinajstić information content (AvgIpc) is 3.55. The number of nitrogens with one attached hydrogen (secondary N) is 1. The van der Waals surface area contributed by atoms with E-state index in [1.54, 1.807) is 28.9 Å². The van der Waals surface area contributed by atoms with E-state index in [-0.39, 0.29) is 42.8 Å². The van der Waals surface area contributed by atoms with E-state index in [1.165, 1.54) is 0 Å². The smallest absolute Gasteiger partial charge is 0.312 e. The number of ether oxygens (including phenoxy) is 2. The van der Waals surface area contributed by atoms with E-state index in [0.717, 1.165) is 6.42 Å². The summed E-state index contributed by atoms with van der Waals surface area (Å²) < 4.78 is 12.3. The summed E-state index contributed by atoms with van der Waals surface area (Å²) >= 11 is 0. The predicted octanol–water partition coefficient (Wildman–Crippen LogP) is 3.38. The first-order valence-corrected chi connectivity index (χ1v) is 15.7. The number of carbonyl (C=O) groups is 4. The zero-order chi connectivity index (χ0) is 32.2. The van der Waals surface area contributed by atoms with E-state index < -0.39 is 47.2 Å². The molecule has 0 aliphatic carbocycles. The Morgan fingerprint density at radius 3 is 2.51 bits per heavy atom. The van der Waals surface area contributed by atoms with Crippen LogP contribution in [0.5, 0.6) is 0 Å². The molecule has 3 fully saturated rings. The monoisotopic (exact) mass is 603 g/mol. The van der Waals surface area contributed by atoms with Crippen LogP contribution in [-0.4, -0.2) is 94.2 Å². The summed E-state index contributed by atoms with van der Waals surface area (Å²) in [6.45, 7) is 20.4. The number of hydrogen-bond donors (Lipinski definition) is 2. The molecule has 1 spiro atoms. The number of likely N-dealkylation sites (tertiary alicyclic amines) is 1. The Bertz CT molecular complexity index is 1070. The quantitative estimate of drug-likeness (QED) is 0.157. The number of nitrogens with zero attached hydrogens (tertiary/aromatic N) is 2. The molecular weight excluding hydrogens is 550 g/mol. The van der Waals surface area contributed by atoms with Crippen molar-refractivity contribution in [3.05, 3.63) is 25.3 Å². The van der Waals surface area contributed by atoms with Gasteiger partial charge in [-0.25, -0.2) is 0 Å². The molecule has 2 bridgehead atoms. The molecule has 3 amide bonds. The Kier molecular flexibility index (Phi) is 11.3. The van der Waals surface area contributed by atoms with Crippen LogP contribution in [0, 0.1) is 17.3 Å². The molecule has 43 heavy (non-hydrogen) atoms. The number of aliphatic hydroxyl groups excluding tert-OH is 1. The standard InChI is InChI=1S/C33H53N3O7/c1-9-11-14-24(38)34-20-22(3)42-30(41)25-23-15-16-33(43-23)26(25)28(39)35(18-12-13-19-37)27(33)29(40)36(17-10-2)32(7,8)21-31(4,5)6/h9-10,22-23,25-27,37H,1-2,11-21H2,3-8H3,(H,34,38)/t22-,23-,25+,26+,27-,33+/m1/s1. The van der Waals surface area contributed by atoms with Crippen LogP contribution in [-0.2, 0) is 28.7 Å². The summed E-state index contributed by atoms with van der Waals surface area (Å²) in [6, 6.07) is -0.896. The molecule has 0 aromatic heterocycles. The van der Waals surface area contributed by atoms with Crippen molar-refractivity contribution in [2.75, 3.05) is 26.2 Å². The van der Waals surface area contributed by atoms with Crippen LogP contribution in [0.4, 0.5) is 0 Å². The molecule has 10 heteroatoms. The van der Waals surface area contributed by atoms with Crippen LogP contribution in [0.2, 0.25) is 0 Å². The molecule has 0 saturated carbocycles. The second-order valence-electron chi connectivity index (χ2n) is 14.2. The van der Waals surface area contributed by atoms with Crippen LogP contribution >= 0.6 is 0 Å². The lowest BCUT2D eigenvalue weighted by Gasteiger charge is -2.45. The Hall–Kier alpha value is -2.72. The molecule has 0 radical (unpaired) electrons. The molecule has 0 aromatic carbocycles. The largest absolute Gasteiger partial charge is 0.460 e. The highest BCUT2D eigenvalue weighted by Gasteiger charge is 2.75.